The van der Waals surface area contributed by atoms with Crippen molar-refractivity contribution in [1.82, 2.24) is 9.55 Å². The van der Waals surface area contributed by atoms with Gasteiger partial charge in [0.25, 0.3) is 0 Å². The zero-order chi connectivity index (χ0) is 25.8. The number of benzene rings is 2. The van der Waals surface area contributed by atoms with E-state index in [4.69, 9.17) is 15.2 Å². The van der Waals surface area contributed by atoms with Crippen LogP contribution in [0.25, 0.3) is 22.0 Å². The third-order valence-electron chi connectivity index (χ3n) is 5.96. The molecule has 0 aliphatic carbocycles. The molecule has 36 heavy (non-hydrogen) atoms. The second-order valence-electron chi connectivity index (χ2n) is 8.74. The van der Waals surface area contributed by atoms with Crippen molar-refractivity contribution in [3.05, 3.63) is 83.3 Å². The maximum absolute atomic E-state index is 15.2. The molecule has 0 bridgehead atoms. The lowest BCUT2D eigenvalue weighted by Gasteiger charge is -2.16. The van der Waals surface area contributed by atoms with Crippen LogP contribution in [-0.4, -0.2) is 22.1 Å². The van der Waals surface area contributed by atoms with E-state index in [2.05, 4.69) is 23.4 Å². The van der Waals surface area contributed by atoms with Crippen LogP contribution in [0.5, 0.6) is 5.75 Å². The van der Waals surface area contributed by atoms with Crippen LogP contribution in [0.3, 0.4) is 0 Å². The standard InChI is InChI=1S/C28H29F2N3O3/c1-4-35-27(34)13-19-5-6-20(29)14-26(19)36-16-18-11-23(22-7-9-32-24(15-31)28(22)30)21-8-10-33(17(2)3)25(21)12-18/h5-12,14,17H,4,13,15-16,31H2,1-3H3. The van der Waals surface area contributed by atoms with E-state index in [0.717, 1.165) is 16.5 Å². The van der Waals surface area contributed by atoms with Gasteiger partial charge in [-0.1, -0.05) is 6.07 Å². The number of ether oxygens (including phenoxy) is 2. The van der Waals surface area contributed by atoms with Crippen LogP contribution in [0.2, 0.25) is 0 Å². The normalized spacial score (nSPS) is 11.3. The molecule has 2 aromatic carbocycles. The van der Waals surface area contributed by atoms with Gasteiger partial charge in [0.05, 0.1) is 18.7 Å². The van der Waals surface area contributed by atoms with Gasteiger partial charge in [-0.2, -0.15) is 0 Å². The molecule has 0 saturated heterocycles. The fraction of sp³-hybridized carbons (Fsp3) is 0.286. The molecule has 0 aliphatic rings. The summed E-state index contributed by atoms with van der Waals surface area (Å²) in [5, 5.41) is 0.884. The van der Waals surface area contributed by atoms with Crippen LogP contribution in [-0.2, 0) is 29.1 Å². The van der Waals surface area contributed by atoms with Gasteiger partial charge in [0.2, 0.25) is 0 Å². The molecule has 4 rings (SSSR count). The summed E-state index contributed by atoms with van der Waals surface area (Å²) in [5.74, 6) is -1.10. The monoisotopic (exact) mass is 493 g/mol. The van der Waals surface area contributed by atoms with Gasteiger partial charge in [-0.3, -0.25) is 9.78 Å². The lowest BCUT2D eigenvalue weighted by molar-refractivity contribution is -0.142. The van der Waals surface area contributed by atoms with E-state index in [1.807, 2.05) is 24.4 Å². The maximum atomic E-state index is 15.2. The van der Waals surface area contributed by atoms with E-state index in [9.17, 15) is 9.18 Å². The van der Waals surface area contributed by atoms with Gasteiger partial charge in [0.1, 0.15) is 18.2 Å². The van der Waals surface area contributed by atoms with Crippen LogP contribution in [0, 0.1) is 11.6 Å². The zero-order valence-corrected chi connectivity index (χ0v) is 20.6. The second-order valence-corrected chi connectivity index (χ2v) is 8.74. The summed E-state index contributed by atoms with van der Waals surface area (Å²) < 4.78 is 42.4. The number of fused-ring (bicyclic) bond motifs is 1. The number of halogens is 2. The molecule has 0 radical (unpaired) electrons. The van der Waals surface area contributed by atoms with Crippen LogP contribution < -0.4 is 10.5 Å². The Kier molecular flexibility index (Phi) is 7.64. The lowest BCUT2D eigenvalue weighted by Crippen LogP contribution is -2.09. The summed E-state index contributed by atoms with van der Waals surface area (Å²) in [6, 6.07) is 11.6. The largest absolute Gasteiger partial charge is 0.488 e. The van der Waals surface area contributed by atoms with Gasteiger partial charge in [0.15, 0.2) is 5.82 Å². The zero-order valence-electron chi connectivity index (χ0n) is 20.6. The molecule has 0 unspecified atom stereocenters. The highest BCUT2D eigenvalue weighted by Crippen LogP contribution is 2.35. The number of rotatable bonds is 9. The first-order valence-corrected chi connectivity index (χ1v) is 11.9. The van der Waals surface area contributed by atoms with Crippen molar-refractivity contribution < 1.29 is 23.0 Å². The maximum Gasteiger partial charge on any atom is 0.310 e. The predicted molar refractivity (Wildman–Crippen MR) is 134 cm³/mol. The minimum atomic E-state index is -0.476. The number of carbonyl (C=O) groups excluding carboxylic acids is 1. The van der Waals surface area contributed by atoms with Gasteiger partial charge in [-0.15, -0.1) is 0 Å². The summed E-state index contributed by atoms with van der Waals surface area (Å²) in [4.78, 5) is 16.1. The molecule has 188 valence electrons. The molecular formula is C28H29F2N3O3. The molecule has 2 N–H and O–H groups in total. The number of pyridine rings is 1. The van der Waals surface area contributed by atoms with Gasteiger partial charge in [0, 0.05) is 53.1 Å². The number of aromatic nitrogens is 2. The molecular weight excluding hydrogens is 464 g/mol. The van der Waals surface area contributed by atoms with Crippen molar-refractivity contribution in [2.45, 2.75) is 46.4 Å². The minimum absolute atomic E-state index is 0.0125. The molecule has 8 heteroatoms. The molecule has 0 aliphatic heterocycles. The Morgan fingerprint density at radius 3 is 2.64 bits per heavy atom. The van der Waals surface area contributed by atoms with Crippen molar-refractivity contribution in [2.75, 3.05) is 6.61 Å². The molecule has 4 aromatic rings. The summed E-state index contributed by atoms with van der Waals surface area (Å²) >= 11 is 0. The number of nitrogens with two attached hydrogens (primary N) is 1. The Morgan fingerprint density at radius 2 is 1.92 bits per heavy atom. The van der Waals surface area contributed by atoms with Crippen molar-refractivity contribution >= 4 is 16.9 Å². The van der Waals surface area contributed by atoms with Gasteiger partial charge >= 0.3 is 5.97 Å². The number of carbonyl (C=O) groups is 1. The second kappa shape index (κ2) is 10.9. The fourth-order valence-corrected chi connectivity index (χ4v) is 4.25. The Bertz CT molecular complexity index is 1400. The van der Waals surface area contributed by atoms with Crippen molar-refractivity contribution in [2.24, 2.45) is 5.73 Å². The Morgan fingerprint density at radius 1 is 1.11 bits per heavy atom. The van der Waals surface area contributed by atoms with E-state index in [1.165, 1.54) is 18.2 Å². The summed E-state index contributed by atoms with van der Waals surface area (Å²) in [5.41, 5.74) is 9.15. The molecule has 0 amide bonds. The first kappa shape index (κ1) is 25.3. The highest BCUT2D eigenvalue weighted by Gasteiger charge is 2.18. The molecule has 6 nitrogen and oxygen atoms in total. The van der Waals surface area contributed by atoms with Crippen molar-refractivity contribution in [3.63, 3.8) is 0 Å². The smallest absolute Gasteiger partial charge is 0.310 e. The number of nitrogens with zero attached hydrogens (tertiary/aromatic N) is 2. The first-order chi connectivity index (χ1) is 17.3. The Hall–Kier alpha value is -3.78. The number of esters is 1. The van der Waals surface area contributed by atoms with Crippen molar-refractivity contribution in [1.29, 1.82) is 0 Å². The average molecular weight is 494 g/mol. The number of hydrogen-bond donors (Lipinski definition) is 1. The fourth-order valence-electron chi connectivity index (χ4n) is 4.25. The van der Waals surface area contributed by atoms with E-state index in [1.54, 1.807) is 19.2 Å². The summed E-state index contributed by atoms with van der Waals surface area (Å²) in [6.07, 6.45) is 3.48. The third-order valence-corrected chi connectivity index (χ3v) is 5.96. The lowest BCUT2D eigenvalue weighted by atomic mass is 9.98. The Labute approximate surface area is 208 Å². The van der Waals surface area contributed by atoms with Crippen LogP contribution in [0.1, 0.15) is 43.6 Å². The highest BCUT2D eigenvalue weighted by atomic mass is 19.1. The minimum Gasteiger partial charge on any atom is -0.488 e. The van der Waals surface area contributed by atoms with Crippen LogP contribution >= 0.6 is 0 Å². The SMILES string of the molecule is CCOC(=O)Cc1ccc(F)cc1OCc1cc(-c2ccnc(CN)c2F)c2ccn(C(C)C)c2c1. The molecule has 0 fully saturated rings. The summed E-state index contributed by atoms with van der Waals surface area (Å²) in [6.45, 7) is 6.19. The molecule has 0 saturated carbocycles. The Balaban J connectivity index is 1.75. The van der Waals surface area contributed by atoms with E-state index in [-0.39, 0.29) is 43.7 Å². The quantitative estimate of drug-likeness (QED) is 0.302. The van der Waals surface area contributed by atoms with Crippen LogP contribution in [0.4, 0.5) is 8.78 Å². The number of hydrogen-bond acceptors (Lipinski definition) is 5. The van der Waals surface area contributed by atoms with Crippen molar-refractivity contribution in [3.8, 4) is 16.9 Å². The first-order valence-electron chi connectivity index (χ1n) is 11.9. The van der Waals surface area contributed by atoms with E-state index in [0.29, 0.717) is 16.7 Å². The van der Waals surface area contributed by atoms with E-state index < -0.39 is 17.6 Å². The summed E-state index contributed by atoms with van der Waals surface area (Å²) in [7, 11) is 0. The van der Waals surface area contributed by atoms with Gasteiger partial charge in [-0.05, 0) is 62.2 Å². The molecule has 2 aromatic heterocycles. The van der Waals surface area contributed by atoms with E-state index >= 15 is 4.39 Å². The topological polar surface area (TPSA) is 79.4 Å². The molecule has 0 atom stereocenters. The van der Waals surface area contributed by atoms with Crippen LogP contribution in [0.15, 0.2) is 54.9 Å². The van der Waals surface area contributed by atoms with Gasteiger partial charge < -0.3 is 19.8 Å². The molecule has 0 spiro atoms. The van der Waals surface area contributed by atoms with Gasteiger partial charge in [-0.25, -0.2) is 8.78 Å². The molecule has 2 heterocycles. The predicted octanol–water partition coefficient (Wildman–Crippen LogP) is 5.71. The average Bonchev–Trinajstić information content (AvgIpc) is 3.28. The third kappa shape index (κ3) is 5.23. The highest BCUT2D eigenvalue weighted by molar-refractivity contribution is 5.96.